The van der Waals surface area contributed by atoms with Gasteiger partial charge in [0.15, 0.2) is 11.9 Å². The summed E-state index contributed by atoms with van der Waals surface area (Å²) >= 11 is 0. The van der Waals surface area contributed by atoms with Crippen LogP contribution in [0.4, 0.5) is 0 Å². The third kappa shape index (κ3) is 10.2. The minimum absolute atomic E-state index is 0.0107. The van der Waals surface area contributed by atoms with Crippen molar-refractivity contribution in [2.24, 2.45) is 11.5 Å². The summed E-state index contributed by atoms with van der Waals surface area (Å²) in [5.74, 6) is -0.568. The van der Waals surface area contributed by atoms with E-state index in [9.17, 15) is 18.9 Å². The zero-order valence-electron chi connectivity index (χ0n) is 12.7. The molecule has 0 aliphatic carbocycles. The second kappa shape index (κ2) is 9.18. The highest BCUT2D eigenvalue weighted by molar-refractivity contribution is 7.61. The van der Waals surface area contributed by atoms with E-state index in [2.05, 4.69) is 13.4 Å². The molecule has 0 rings (SSSR count). The summed E-state index contributed by atoms with van der Waals surface area (Å²) in [6.45, 7) is -0.777. The Bertz CT molecular complexity index is 473. The van der Waals surface area contributed by atoms with Gasteiger partial charge in [-0.15, -0.1) is 0 Å². The lowest BCUT2D eigenvalue weighted by atomic mass is 10.6. The molecule has 23 heavy (non-hydrogen) atoms. The zero-order chi connectivity index (χ0) is 18.3. The first-order chi connectivity index (χ1) is 10.4. The quantitative estimate of drug-likeness (QED) is 0.153. The van der Waals surface area contributed by atoms with Crippen LogP contribution in [-0.2, 0) is 22.5 Å². The van der Waals surface area contributed by atoms with Crippen molar-refractivity contribution in [2.75, 3.05) is 40.4 Å². The van der Waals surface area contributed by atoms with Crippen LogP contribution >= 0.6 is 15.6 Å². The number of phosphoric ester groups is 2. The van der Waals surface area contributed by atoms with Gasteiger partial charge in [-0.2, -0.15) is 4.31 Å². The molecule has 0 aromatic carbocycles. The van der Waals surface area contributed by atoms with Crippen molar-refractivity contribution < 1.29 is 32.3 Å². The van der Waals surface area contributed by atoms with Crippen molar-refractivity contribution in [1.82, 2.24) is 9.80 Å². The third-order valence-corrected chi connectivity index (χ3v) is 5.06. The van der Waals surface area contributed by atoms with E-state index < -0.39 is 15.6 Å². The molecule has 0 aliphatic heterocycles. The van der Waals surface area contributed by atoms with E-state index in [-0.39, 0.29) is 38.2 Å². The maximum absolute atomic E-state index is 11.5. The maximum Gasteiger partial charge on any atom is 0.481 e. The maximum atomic E-state index is 11.5. The molecule has 0 bridgehead atoms. The molecule has 0 heterocycles. The molecule has 2 atom stereocenters. The van der Waals surface area contributed by atoms with Crippen LogP contribution < -0.4 is 11.5 Å². The predicted molar refractivity (Wildman–Crippen MR) is 81.7 cm³/mol. The molecule has 0 aromatic rings. The molecule has 0 saturated carbocycles. The van der Waals surface area contributed by atoms with Gasteiger partial charge in [-0.25, -0.2) is 9.13 Å². The second-order valence-corrected chi connectivity index (χ2v) is 7.34. The summed E-state index contributed by atoms with van der Waals surface area (Å²) in [5, 5.41) is 14.1. The van der Waals surface area contributed by atoms with E-state index in [4.69, 9.17) is 22.3 Å². The first-order valence-corrected chi connectivity index (χ1v) is 9.12. The van der Waals surface area contributed by atoms with Gasteiger partial charge in [0.05, 0.1) is 13.2 Å². The highest BCUT2D eigenvalue weighted by Gasteiger charge is 2.35. The third-order valence-electron chi connectivity index (χ3n) is 2.39. The van der Waals surface area contributed by atoms with E-state index in [1.165, 1.54) is 23.9 Å². The van der Waals surface area contributed by atoms with Crippen LogP contribution in [0.25, 0.3) is 0 Å². The number of hydrogen-bond acceptors (Lipinski definition) is 7. The molecule has 2 unspecified atom stereocenters. The molecule has 15 heteroatoms. The van der Waals surface area contributed by atoms with Crippen molar-refractivity contribution in [3.63, 3.8) is 0 Å². The second-order valence-electron chi connectivity index (χ2n) is 4.30. The van der Waals surface area contributed by atoms with Crippen molar-refractivity contribution in [3.8, 4) is 0 Å². The lowest BCUT2D eigenvalue weighted by Gasteiger charge is -2.20. The largest absolute Gasteiger partial charge is 0.481 e. The van der Waals surface area contributed by atoms with Gasteiger partial charge in [-0.05, 0) is 0 Å². The van der Waals surface area contributed by atoms with E-state index >= 15 is 0 Å². The molecule has 13 nitrogen and oxygen atoms in total. The lowest BCUT2D eigenvalue weighted by molar-refractivity contribution is 0.147. The van der Waals surface area contributed by atoms with Crippen LogP contribution in [0.3, 0.4) is 0 Å². The number of likely N-dealkylation sites (N-methyl/N-ethyl adjacent to an activating group) is 2. The van der Waals surface area contributed by atoms with Crippen molar-refractivity contribution >= 4 is 27.6 Å². The fraction of sp³-hybridized carbons (Fsp3) is 0.750. The molecule has 8 N–H and O–H groups in total. The molecule has 0 aromatic heterocycles. The minimum atomic E-state index is -4.84. The van der Waals surface area contributed by atoms with Crippen LogP contribution in [0.15, 0.2) is 0 Å². The average Bonchev–Trinajstić information content (AvgIpc) is 2.36. The van der Waals surface area contributed by atoms with Gasteiger partial charge in [-0.1, -0.05) is 0 Å². The van der Waals surface area contributed by atoms with Gasteiger partial charge in [-0.3, -0.25) is 19.9 Å². The Hall–Kier alpha value is -1.20. The van der Waals surface area contributed by atoms with Crippen molar-refractivity contribution in [3.05, 3.63) is 0 Å². The molecule has 0 radical (unpaired) electrons. The molecule has 136 valence electrons. The van der Waals surface area contributed by atoms with Crippen LogP contribution in [0.1, 0.15) is 0 Å². The number of nitrogens with two attached hydrogens (primary N) is 2. The van der Waals surface area contributed by atoms with Crippen LogP contribution in [-0.4, -0.2) is 71.9 Å². The molecule has 0 fully saturated rings. The minimum Gasteiger partial charge on any atom is -0.370 e. The Morgan fingerprint density at radius 1 is 0.957 bits per heavy atom. The summed E-state index contributed by atoms with van der Waals surface area (Å²) < 4.78 is 36.1. The topological polar surface area (TPSA) is 209 Å². The SMILES string of the molecule is CN(CCOP(=O)(O)OP(=O)(O)OCCN(C)C(=N)N)C(=N)N. The van der Waals surface area contributed by atoms with Gasteiger partial charge < -0.3 is 31.1 Å². The zero-order valence-corrected chi connectivity index (χ0v) is 14.5. The van der Waals surface area contributed by atoms with Crippen LogP contribution in [0, 0.1) is 10.8 Å². The molecular formula is C8H22N6O7P2. The first kappa shape index (κ1) is 21.8. The number of hydrogen-bond donors (Lipinski definition) is 6. The van der Waals surface area contributed by atoms with Crippen molar-refractivity contribution in [2.45, 2.75) is 0 Å². The summed E-state index contributed by atoms with van der Waals surface area (Å²) in [4.78, 5) is 21.1. The Kier molecular flexibility index (Phi) is 8.70. The van der Waals surface area contributed by atoms with E-state index in [0.29, 0.717) is 0 Å². The molecule has 0 spiro atoms. The number of guanidine groups is 2. The van der Waals surface area contributed by atoms with E-state index in [1.807, 2.05) is 0 Å². The first-order valence-electron chi connectivity index (χ1n) is 6.12. The standard InChI is InChI=1S/C8H22N6O7P2/c1-13(7(9)10)3-5-19-22(15,16)21-23(17,18)20-6-4-14(2)8(11)12/h3-6H2,1-2H3,(H3,9,10)(H3,11,12)(H,15,16)(H,17,18). The Morgan fingerprint density at radius 3 is 1.52 bits per heavy atom. The van der Waals surface area contributed by atoms with Gasteiger partial charge in [0, 0.05) is 27.2 Å². The van der Waals surface area contributed by atoms with Gasteiger partial charge >= 0.3 is 15.6 Å². The van der Waals surface area contributed by atoms with Gasteiger partial charge in [0.25, 0.3) is 0 Å². The summed E-state index contributed by atoms with van der Waals surface area (Å²) in [5.41, 5.74) is 10.3. The fourth-order valence-electron chi connectivity index (χ4n) is 1.00. The lowest BCUT2D eigenvalue weighted by Crippen LogP contribution is -2.35. The number of phosphoric acid groups is 2. The molecular weight excluding hydrogens is 354 g/mol. The summed E-state index contributed by atoms with van der Waals surface area (Å²) in [7, 11) is -6.79. The Labute approximate surface area is 133 Å². The van der Waals surface area contributed by atoms with Crippen LogP contribution in [0.5, 0.6) is 0 Å². The van der Waals surface area contributed by atoms with Gasteiger partial charge in [0.2, 0.25) is 0 Å². The average molecular weight is 376 g/mol. The molecule has 0 aliphatic rings. The Balaban J connectivity index is 4.29. The monoisotopic (exact) mass is 376 g/mol. The Morgan fingerprint density at radius 2 is 1.26 bits per heavy atom. The number of nitrogens with one attached hydrogen (secondary N) is 2. The highest BCUT2D eigenvalue weighted by atomic mass is 31.3. The van der Waals surface area contributed by atoms with Gasteiger partial charge in [0.1, 0.15) is 0 Å². The number of rotatable bonds is 10. The fourth-order valence-corrected chi connectivity index (χ4v) is 3.05. The highest BCUT2D eigenvalue weighted by Crippen LogP contribution is 2.60. The van der Waals surface area contributed by atoms with Crippen LogP contribution in [0.2, 0.25) is 0 Å². The van der Waals surface area contributed by atoms with Crippen molar-refractivity contribution in [1.29, 1.82) is 10.8 Å². The van der Waals surface area contributed by atoms with E-state index in [0.717, 1.165) is 0 Å². The molecule has 0 amide bonds. The predicted octanol–water partition coefficient (Wildman–Crippen LogP) is -1.11. The summed E-state index contributed by atoms with van der Waals surface area (Å²) in [6, 6.07) is 0. The molecule has 0 saturated heterocycles. The summed E-state index contributed by atoms with van der Waals surface area (Å²) in [6.07, 6.45) is 0. The normalized spacial score (nSPS) is 16.2. The van der Waals surface area contributed by atoms with E-state index in [1.54, 1.807) is 0 Å². The number of nitrogens with zero attached hydrogens (tertiary/aromatic N) is 2. The smallest absolute Gasteiger partial charge is 0.370 e.